The van der Waals surface area contributed by atoms with Gasteiger partial charge in [0.05, 0.1) is 14.5 Å². The molecule has 0 aliphatic carbocycles. The van der Waals surface area contributed by atoms with Gasteiger partial charge in [0.2, 0.25) is 0 Å². The lowest BCUT2D eigenvalue weighted by atomic mass is 10.3. The van der Waals surface area contributed by atoms with Gasteiger partial charge in [-0.2, -0.15) is 0 Å². The van der Waals surface area contributed by atoms with Gasteiger partial charge in [-0.05, 0) is 45.3 Å². The first-order valence-corrected chi connectivity index (χ1v) is 9.76. The maximum atomic E-state index is 14.0. The Labute approximate surface area is 175 Å². The largest absolute Gasteiger partial charge is 0.324 e. The van der Waals surface area contributed by atoms with E-state index in [0.29, 0.717) is 22.8 Å². The third-order valence-corrected chi connectivity index (χ3v) is 5.87. The summed E-state index contributed by atoms with van der Waals surface area (Å²) in [5.41, 5.74) is 0.222. The number of rotatable bonds is 7. The van der Waals surface area contributed by atoms with E-state index in [1.807, 2.05) is 19.0 Å². The quantitative estimate of drug-likeness (QED) is 0.398. The van der Waals surface area contributed by atoms with Crippen LogP contribution in [0.15, 0.2) is 30.3 Å². The molecule has 7 nitrogen and oxygen atoms in total. The van der Waals surface area contributed by atoms with E-state index < -0.39 is 10.7 Å². The molecular weight excluding hydrogens is 427 g/mol. The zero-order valence-electron chi connectivity index (χ0n) is 15.1. The average Bonchev–Trinajstić information content (AvgIpc) is 3.25. The molecule has 3 aromatic rings. The first kappa shape index (κ1) is 22.2. The fourth-order valence-corrected chi connectivity index (χ4v) is 4.30. The SMILES string of the molecule is CN(C)CCCN(C(=O)c1ccc([N+](=O)[O-])s1)c1nc2c(F)cccc2s1.Cl. The van der Waals surface area contributed by atoms with Crippen LogP contribution >= 0.6 is 35.1 Å². The second kappa shape index (κ2) is 9.37. The molecule has 1 amide bonds. The number of nitro groups is 1. The number of para-hydroxylation sites is 1. The van der Waals surface area contributed by atoms with E-state index >= 15 is 0 Å². The van der Waals surface area contributed by atoms with E-state index in [1.165, 1.54) is 34.4 Å². The number of anilines is 1. The van der Waals surface area contributed by atoms with Crippen LogP contribution in [0.3, 0.4) is 0 Å². The summed E-state index contributed by atoms with van der Waals surface area (Å²) in [7, 11) is 3.86. The number of carbonyl (C=O) groups is 1. The van der Waals surface area contributed by atoms with Gasteiger partial charge in [-0.1, -0.05) is 28.7 Å². The van der Waals surface area contributed by atoms with Crippen molar-refractivity contribution >= 4 is 61.3 Å². The number of hydrogen-bond donors (Lipinski definition) is 0. The third-order valence-electron chi connectivity index (χ3n) is 3.80. The summed E-state index contributed by atoms with van der Waals surface area (Å²) in [6.07, 6.45) is 0.685. The minimum atomic E-state index is -0.523. The minimum absolute atomic E-state index is 0. The molecule has 0 aliphatic rings. The van der Waals surface area contributed by atoms with Crippen LogP contribution in [-0.4, -0.2) is 47.9 Å². The Morgan fingerprint density at radius 1 is 1.21 bits per heavy atom. The number of thiazole rings is 1. The van der Waals surface area contributed by atoms with Crippen molar-refractivity contribution in [2.24, 2.45) is 0 Å². The molecule has 11 heteroatoms. The monoisotopic (exact) mass is 444 g/mol. The van der Waals surface area contributed by atoms with Gasteiger partial charge in [0, 0.05) is 12.6 Å². The number of amides is 1. The van der Waals surface area contributed by atoms with Crippen molar-refractivity contribution in [3.63, 3.8) is 0 Å². The normalized spacial score (nSPS) is 10.9. The fraction of sp³-hybridized carbons (Fsp3) is 0.294. The number of carbonyl (C=O) groups excluding carboxylic acids is 1. The molecule has 0 saturated carbocycles. The van der Waals surface area contributed by atoms with E-state index in [-0.39, 0.29) is 33.7 Å². The molecule has 2 heterocycles. The van der Waals surface area contributed by atoms with Crippen LogP contribution in [0.2, 0.25) is 0 Å². The Bertz CT molecular complexity index is 992. The Balaban J connectivity index is 0.00000280. The van der Waals surface area contributed by atoms with E-state index in [0.717, 1.165) is 17.9 Å². The lowest BCUT2D eigenvalue weighted by molar-refractivity contribution is -0.380. The highest BCUT2D eigenvalue weighted by Crippen LogP contribution is 2.33. The summed E-state index contributed by atoms with van der Waals surface area (Å²) in [5.74, 6) is -0.811. The number of halogens is 2. The molecule has 28 heavy (non-hydrogen) atoms. The smallest absolute Gasteiger partial charge is 0.309 e. The molecule has 0 N–H and O–H groups in total. The van der Waals surface area contributed by atoms with Crippen LogP contribution in [0.4, 0.5) is 14.5 Å². The van der Waals surface area contributed by atoms with Gasteiger partial charge in [0.1, 0.15) is 11.3 Å². The van der Waals surface area contributed by atoms with Crippen LogP contribution in [-0.2, 0) is 0 Å². The standard InChI is InChI=1S/C17H17FN4O3S2.ClH/c1-20(2)9-4-10-21(16(23)13-7-8-14(26-13)22(24)25)17-19-15-11(18)5-3-6-12(15)27-17;/h3,5-8H,4,9-10H2,1-2H3;1H. The van der Waals surface area contributed by atoms with Crippen molar-refractivity contribution < 1.29 is 14.1 Å². The van der Waals surface area contributed by atoms with Crippen LogP contribution < -0.4 is 4.90 Å². The highest BCUT2D eigenvalue weighted by atomic mass is 35.5. The molecule has 1 aromatic carbocycles. The number of nitrogens with zero attached hydrogens (tertiary/aromatic N) is 4. The molecule has 2 aromatic heterocycles. The first-order valence-electron chi connectivity index (χ1n) is 8.12. The molecule has 0 atom stereocenters. The summed E-state index contributed by atoms with van der Waals surface area (Å²) in [6, 6.07) is 7.43. The zero-order chi connectivity index (χ0) is 19.6. The maximum Gasteiger partial charge on any atom is 0.324 e. The molecule has 0 unspecified atom stereocenters. The van der Waals surface area contributed by atoms with Gasteiger partial charge in [0.15, 0.2) is 5.13 Å². The molecule has 3 rings (SSSR count). The Morgan fingerprint density at radius 2 is 1.96 bits per heavy atom. The summed E-state index contributed by atoms with van der Waals surface area (Å²) in [5, 5.41) is 11.2. The first-order chi connectivity index (χ1) is 12.9. The Kier molecular flexibility index (Phi) is 7.41. The van der Waals surface area contributed by atoms with E-state index in [9.17, 15) is 19.3 Å². The van der Waals surface area contributed by atoms with Gasteiger partial charge in [-0.15, -0.1) is 12.4 Å². The number of fused-ring (bicyclic) bond motifs is 1. The highest BCUT2D eigenvalue weighted by Gasteiger charge is 2.25. The topological polar surface area (TPSA) is 79.6 Å². The lowest BCUT2D eigenvalue weighted by Crippen LogP contribution is -2.33. The molecular formula is C17H18ClFN4O3S2. The van der Waals surface area contributed by atoms with E-state index in [1.54, 1.807) is 12.1 Å². The minimum Gasteiger partial charge on any atom is -0.309 e. The molecule has 0 bridgehead atoms. The number of benzene rings is 1. The van der Waals surface area contributed by atoms with Crippen molar-refractivity contribution in [3.8, 4) is 0 Å². The number of aromatic nitrogens is 1. The average molecular weight is 445 g/mol. The summed E-state index contributed by atoms with van der Waals surface area (Å²) >= 11 is 2.05. The maximum absolute atomic E-state index is 14.0. The van der Waals surface area contributed by atoms with Crippen LogP contribution in [0.25, 0.3) is 10.2 Å². The molecule has 150 valence electrons. The van der Waals surface area contributed by atoms with Crippen molar-refractivity contribution in [2.75, 3.05) is 32.1 Å². The second-order valence-corrected chi connectivity index (χ2v) is 8.16. The van der Waals surface area contributed by atoms with Gasteiger partial charge in [0.25, 0.3) is 5.91 Å². The van der Waals surface area contributed by atoms with Crippen LogP contribution in [0, 0.1) is 15.9 Å². The molecule has 0 spiro atoms. The Hall–Kier alpha value is -2.14. The fourth-order valence-electron chi connectivity index (χ4n) is 2.52. The van der Waals surface area contributed by atoms with Gasteiger partial charge in [-0.25, -0.2) is 9.37 Å². The number of hydrogen-bond acceptors (Lipinski definition) is 7. The number of thiophene rings is 1. The summed E-state index contributed by atoms with van der Waals surface area (Å²) in [4.78, 5) is 31.4. The summed E-state index contributed by atoms with van der Waals surface area (Å²) < 4.78 is 14.6. The molecule has 0 aliphatic heterocycles. The van der Waals surface area contributed by atoms with Crippen molar-refractivity contribution in [1.82, 2.24) is 9.88 Å². The highest BCUT2D eigenvalue weighted by molar-refractivity contribution is 7.22. The van der Waals surface area contributed by atoms with Gasteiger partial charge in [-0.3, -0.25) is 19.8 Å². The van der Waals surface area contributed by atoms with Gasteiger partial charge >= 0.3 is 5.00 Å². The lowest BCUT2D eigenvalue weighted by Gasteiger charge is -2.20. The van der Waals surface area contributed by atoms with Crippen molar-refractivity contribution in [1.29, 1.82) is 0 Å². The van der Waals surface area contributed by atoms with Crippen molar-refractivity contribution in [2.45, 2.75) is 6.42 Å². The van der Waals surface area contributed by atoms with Gasteiger partial charge < -0.3 is 4.90 Å². The van der Waals surface area contributed by atoms with E-state index in [4.69, 9.17) is 0 Å². The molecule has 0 radical (unpaired) electrons. The zero-order valence-corrected chi connectivity index (χ0v) is 17.6. The van der Waals surface area contributed by atoms with Crippen molar-refractivity contribution in [3.05, 3.63) is 51.1 Å². The summed E-state index contributed by atoms with van der Waals surface area (Å²) in [6.45, 7) is 1.14. The molecule has 0 fully saturated rings. The van der Waals surface area contributed by atoms with Crippen LogP contribution in [0.5, 0.6) is 0 Å². The van der Waals surface area contributed by atoms with Crippen LogP contribution in [0.1, 0.15) is 16.1 Å². The van der Waals surface area contributed by atoms with E-state index in [2.05, 4.69) is 4.98 Å². The third kappa shape index (κ3) is 4.82. The predicted octanol–water partition coefficient (Wildman–Crippen LogP) is 4.43. The second-order valence-electron chi connectivity index (χ2n) is 6.09. The predicted molar refractivity (Wildman–Crippen MR) is 113 cm³/mol. The Morgan fingerprint density at radius 3 is 2.57 bits per heavy atom. The molecule has 0 saturated heterocycles.